The highest BCUT2D eigenvalue weighted by molar-refractivity contribution is 6.46. The number of hydrogen-bond acceptors (Lipinski definition) is 4. The third kappa shape index (κ3) is 3.74. The zero-order chi connectivity index (χ0) is 19.4. The molecule has 1 aliphatic heterocycles. The normalized spacial score (nSPS) is 18.9. The number of likely N-dealkylation sites (tertiary alicyclic amines) is 1. The average Bonchev–Trinajstić information content (AvgIpc) is 2.94. The molecule has 1 aliphatic rings. The van der Waals surface area contributed by atoms with Gasteiger partial charge in [-0.05, 0) is 42.3 Å². The lowest BCUT2D eigenvalue weighted by molar-refractivity contribution is -0.139. The summed E-state index contributed by atoms with van der Waals surface area (Å²) in [5.41, 5.74) is 0.949. The van der Waals surface area contributed by atoms with E-state index in [9.17, 15) is 19.1 Å². The number of Topliss-reactive ketones (excluding diaryl/α,β-unsaturated/α-hetero) is 1. The molecule has 1 unspecified atom stereocenters. The van der Waals surface area contributed by atoms with Crippen molar-refractivity contribution in [2.45, 2.75) is 32.2 Å². The minimum Gasteiger partial charge on any atom is -0.507 e. The summed E-state index contributed by atoms with van der Waals surface area (Å²) in [6, 6.07) is 7.95. The minimum absolute atomic E-state index is 0.0103. The number of halogens is 1. The molecule has 1 aromatic heterocycles. The summed E-state index contributed by atoms with van der Waals surface area (Å²) in [6.07, 6.45) is 5.86. The van der Waals surface area contributed by atoms with E-state index in [0.717, 1.165) is 19.3 Å². The molecular weight excluding hydrogens is 347 g/mol. The second kappa shape index (κ2) is 8.12. The summed E-state index contributed by atoms with van der Waals surface area (Å²) < 4.78 is 13.2. The maximum absolute atomic E-state index is 13.2. The van der Waals surface area contributed by atoms with Crippen LogP contribution in [-0.2, 0) is 9.59 Å². The standard InChI is InChI=1S/C21H21FN2O3/c1-2-3-4-12-24-18(15-6-5-11-23-13-15)17(20(26)21(24)27)19(25)14-7-9-16(22)10-8-14/h5-11,13,18,25H,2-4,12H2,1H3/b19-17-. The first kappa shape index (κ1) is 18.8. The number of hydrogen-bond donors (Lipinski definition) is 1. The van der Waals surface area contributed by atoms with Gasteiger partial charge in [0.2, 0.25) is 0 Å². The number of aliphatic hydroxyl groups excluding tert-OH is 1. The third-order valence-corrected chi connectivity index (χ3v) is 4.66. The Bertz CT molecular complexity index is 863. The summed E-state index contributed by atoms with van der Waals surface area (Å²) in [5.74, 6) is -2.12. The number of aliphatic hydroxyl groups is 1. The number of benzene rings is 1. The highest BCUT2D eigenvalue weighted by Gasteiger charge is 2.45. The minimum atomic E-state index is -0.734. The van der Waals surface area contributed by atoms with E-state index in [4.69, 9.17) is 0 Å². The van der Waals surface area contributed by atoms with Crippen molar-refractivity contribution in [3.8, 4) is 0 Å². The van der Waals surface area contributed by atoms with Crippen LogP contribution in [0.5, 0.6) is 0 Å². The molecule has 0 aliphatic carbocycles. The highest BCUT2D eigenvalue weighted by Crippen LogP contribution is 2.39. The maximum atomic E-state index is 13.2. The summed E-state index contributed by atoms with van der Waals surface area (Å²) in [5, 5.41) is 10.8. The van der Waals surface area contributed by atoms with Gasteiger partial charge in [0.25, 0.3) is 11.7 Å². The van der Waals surface area contributed by atoms with Gasteiger partial charge in [0.05, 0.1) is 11.6 Å². The lowest BCUT2D eigenvalue weighted by atomic mass is 9.96. The zero-order valence-electron chi connectivity index (χ0n) is 15.1. The molecule has 1 atom stereocenters. The predicted molar refractivity (Wildman–Crippen MR) is 99.2 cm³/mol. The molecule has 140 valence electrons. The molecule has 6 heteroatoms. The molecule has 1 amide bonds. The van der Waals surface area contributed by atoms with Crippen molar-refractivity contribution in [2.75, 3.05) is 6.54 Å². The van der Waals surface area contributed by atoms with Gasteiger partial charge in [0.1, 0.15) is 11.6 Å². The van der Waals surface area contributed by atoms with Gasteiger partial charge in [0, 0.05) is 24.5 Å². The van der Waals surface area contributed by atoms with Crippen molar-refractivity contribution in [3.05, 3.63) is 71.3 Å². The number of aromatic nitrogens is 1. The fraction of sp³-hybridized carbons (Fsp3) is 0.286. The monoisotopic (exact) mass is 368 g/mol. The van der Waals surface area contributed by atoms with Crippen LogP contribution < -0.4 is 0 Å². The van der Waals surface area contributed by atoms with Gasteiger partial charge < -0.3 is 10.0 Å². The lowest BCUT2D eigenvalue weighted by Crippen LogP contribution is -2.30. The predicted octanol–water partition coefficient (Wildman–Crippen LogP) is 3.83. The number of pyridine rings is 1. The van der Waals surface area contributed by atoms with Gasteiger partial charge in [-0.1, -0.05) is 25.8 Å². The topological polar surface area (TPSA) is 70.5 Å². The van der Waals surface area contributed by atoms with Gasteiger partial charge >= 0.3 is 0 Å². The summed E-state index contributed by atoms with van der Waals surface area (Å²) >= 11 is 0. The maximum Gasteiger partial charge on any atom is 0.295 e. The molecular formula is C21H21FN2O3. The van der Waals surface area contributed by atoms with E-state index in [1.54, 1.807) is 24.5 Å². The number of rotatable bonds is 6. The molecule has 1 fully saturated rings. The molecule has 27 heavy (non-hydrogen) atoms. The Labute approximate surface area is 157 Å². The molecule has 1 aromatic carbocycles. The molecule has 0 radical (unpaired) electrons. The molecule has 1 saturated heterocycles. The van der Waals surface area contributed by atoms with Crippen molar-refractivity contribution in [2.24, 2.45) is 0 Å². The lowest BCUT2D eigenvalue weighted by Gasteiger charge is -2.25. The van der Waals surface area contributed by atoms with Gasteiger partial charge in [-0.2, -0.15) is 0 Å². The van der Waals surface area contributed by atoms with Gasteiger partial charge in [0.15, 0.2) is 0 Å². The van der Waals surface area contributed by atoms with Crippen molar-refractivity contribution < 1.29 is 19.1 Å². The van der Waals surface area contributed by atoms with Crippen molar-refractivity contribution in [1.82, 2.24) is 9.88 Å². The van der Waals surface area contributed by atoms with E-state index in [-0.39, 0.29) is 16.9 Å². The highest BCUT2D eigenvalue weighted by atomic mass is 19.1. The molecule has 0 saturated carbocycles. The molecule has 3 rings (SSSR count). The fourth-order valence-electron chi connectivity index (χ4n) is 3.29. The number of carbonyl (C=O) groups is 2. The van der Waals surface area contributed by atoms with E-state index in [2.05, 4.69) is 11.9 Å². The molecule has 2 heterocycles. The van der Waals surface area contributed by atoms with E-state index in [1.807, 2.05) is 0 Å². The quantitative estimate of drug-likeness (QED) is 0.364. The van der Waals surface area contributed by atoms with Crippen LogP contribution in [0.4, 0.5) is 4.39 Å². The summed E-state index contributed by atoms with van der Waals surface area (Å²) in [7, 11) is 0. The van der Waals surface area contributed by atoms with Crippen molar-refractivity contribution >= 4 is 17.4 Å². The average molecular weight is 368 g/mol. The number of ketones is 1. The smallest absolute Gasteiger partial charge is 0.295 e. The zero-order valence-corrected chi connectivity index (χ0v) is 15.1. The van der Waals surface area contributed by atoms with E-state index in [1.165, 1.54) is 29.2 Å². The summed E-state index contributed by atoms with van der Waals surface area (Å²) in [4.78, 5) is 30.9. The fourth-order valence-corrected chi connectivity index (χ4v) is 3.29. The Morgan fingerprint density at radius 1 is 1.19 bits per heavy atom. The third-order valence-electron chi connectivity index (χ3n) is 4.66. The number of amides is 1. The molecule has 5 nitrogen and oxygen atoms in total. The van der Waals surface area contributed by atoms with Crippen LogP contribution >= 0.6 is 0 Å². The Balaban J connectivity index is 2.09. The van der Waals surface area contributed by atoms with Gasteiger partial charge in [-0.15, -0.1) is 0 Å². The van der Waals surface area contributed by atoms with E-state index in [0.29, 0.717) is 12.1 Å². The van der Waals surface area contributed by atoms with Crippen LogP contribution in [0.1, 0.15) is 43.4 Å². The van der Waals surface area contributed by atoms with Crippen LogP contribution in [0.3, 0.4) is 0 Å². The second-order valence-electron chi connectivity index (χ2n) is 6.49. The Morgan fingerprint density at radius 3 is 2.56 bits per heavy atom. The largest absolute Gasteiger partial charge is 0.507 e. The van der Waals surface area contributed by atoms with Gasteiger partial charge in [-0.25, -0.2) is 4.39 Å². The number of unbranched alkanes of at least 4 members (excludes halogenated alkanes) is 2. The van der Waals surface area contributed by atoms with Crippen molar-refractivity contribution in [1.29, 1.82) is 0 Å². The number of nitrogens with zero attached hydrogens (tertiary/aromatic N) is 2. The van der Waals surface area contributed by atoms with Crippen LogP contribution in [-0.4, -0.2) is 33.2 Å². The Morgan fingerprint density at radius 2 is 1.93 bits per heavy atom. The summed E-state index contributed by atoms with van der Waals surface area (Å²) in [6.45, 7) is 2.47. The Hall–Kier alpha value is -3.02. The van der Waals surface area contributed by atoms with Gasteiger partial charge in [-0.3, -0.25) is 14.6 Å². The molecule has 0 bridgehead atoms. The van der Waals surface area contributed by atoms with E-state index < -0.39 is 23.5 Å². The molecule has 1 N–H and O–H groups in total. The van der Waals surface area contributed by atoms with Crippen LogP contribution in [0.2, 0.25) is 0 Å². The Kier molecular flexibility index (Phi) is 5.64. The SMILES string of the molecule is CCCCCN1C(=O)C(=O)/C(=C(\O)c2ccc(F)cc2)C1c1cccnc1. The van der Waals surface area contributed by atoms with Crippen LogP contribution in [0.15, 0.2) is 54.4 Å². The van der Waals surface area contributed by atoms with Crippen molar-refractivity contribution in [3.63, 3.8) is 0 Å². The first-order valence-electron chi connectivity index (χ1n) is 8.99. The first-order valence-corrected chi connectivity index (χ1v) is 8.99. The van der Waals surface area contributed by atoms with Crippen LogP contribution in [0.25, 0.3) is 5.76 Å². The first-order chi connectivity index (χ1) is 13.0. The number of carbonyl (C=O) groups excluding carboxylic acids is 2. The van der Waals surface area contributed by atoms with E-state index >= 15 is 0 Å². The second-order valence-corrected chi connectivity index (χ2v) is 6.49. The molecule has 2 aromatic rings. The van der Waals surface area contributed by atoms with Crippen LogP contribution in [0, 0.1) is 5.82 Å². The molecule has 0 spiro atoms.